The Labute approximate surface area is 195 Å². The van der Waals surface area contributed by atoms with Crippen LogP contribution in [0.2, 0.25) is 0 Å². The first-order valence-corrected chi connectivity index (χ1v) is 11.1. The second-order valence-corrected chi connectivity index (χ2v) is 9.01. The second kappa shape index (κ2) is 11.1. The molecule has 33 heavy (non-hydrogen) atoms. The number of anilines is 2. The van der Waals surface area contributed by atoms with E-state index >= 15 is 0 Å². The Bertz CT molecular complexity index is 935. The van der Waals surface area contributed by atoms with E-state index in [9.17, 15) is 9.59 Å². The van der Waals surface area contributed by atoms with Crippen LogP contribution in [0, 0.1) is 0 Å². The lowest BCUT2D eigenvalue weighted by Gasteiger charge is -2.32. The summed E-state index contributed by atoms with van der Waals surface area (Å²) >= 11 is 0. The first-order valence-electron chi connectivity index (χ1n) is 11.1. The number of ether oxygens (including phenoxy) is 2. The van der Waals surface area contributed by atoms with Crippen LogP contribution in [0.5, 0.6) is 5.75 Å². The highest BCUT2D eigenvalue weighted by molar-refractivity contribution is 6.03. The normalized spacial score (nSPS) is 15.0. The third kappa shape index (κ3) is 8.36. The molecule has 1 aromatic heterocycles. The summed E-state index contributed by atoms with van der Waals surface area (Å²) in [6, 6.07) is 12.0. The number of amides is 2. The van der Waals surface area contributed by atoms with Crippen LogP contribution in [0.1, 0.15) is 31.3 Å². The summed E-state index contributed by atoms with van der Waals surface area (Å²) in [5.74, 6) is 0.608. The Morgan fingerprint density at radius 2 is 1.70 bits per heavy atom. The molecule has 1 aromatic carbocycles. The predicted molar refractivity (Wildman–Crippen MR) is 128 cm³/mol. The highest BCUT2D eigenvalue weighted by Crippen LogP contribution is 2.17. The standard InChI is InChI=1S/C24H33N5O4/c1-24(2,3)33-23(31)27-21-7-5-6-20(26-21)22(30)25-18-8-10-19(11-9-18)32-17-16-29-14-12-28(4)13-15-29/h5-11H,12-17H2,1-4H3,(H,25,30)(H,26,27,31). The van der Waals surface area contributed by atoms with E-state index in [0.717, 1.165) is 38.5 Å². The predicted octanol–water partition coefficient (Wildman–Crippen LogP) is 3.31. The first-order chi connectivity index (χ1) is 15.7. The van der Waals surface area contributed by atoms with E-state index in [0.29, 0.717) is 12.3 Å². The quantitative estimate of drug-likeness (QED) is 0.661. The minimum atomic E-state index is -0.629. The Balaban J connectivity index is 1.47. The molecule has 0 aliphatic carbocycles. The number of benzene rings is 1. The minimum absolute atomic E-state index is 0.177. The number of likely N-dealkylation sites (N-methyl/N-ethyl adjacent to an activating group) is 1. The lowest BCUT2D eigenvalue weighted by Crippen LogP contribution is -2.45. The van der Waals surface area contributed by atoms with Gasteiger partial charge >= 0.3 is 6.09 Å². The van der Waals surface area contributed by atoms with Gasteiger partial charge < -0.3 is 19.7 Å². The molecule has 3 rings (SSSR count). The molecule has 0 unspecified atom stereocenters. The number of piperazine rings is 1. The lowest BCUT2D eigenvalue weighted by molar-refractivity contribution is 0.0635. The zero-order valence-corrected chi connectivity index (χ0v) is 19.8. The van der Waals surface area contributed by atoms with Crippen LogP contribution >= 0.6 is 0 Å². The molecule has 9 heteroatoms. The average Bonchev–Trinajstić information content (AvgIpc) is 2.75. The van der Waals surface area contributed by atoms with Gasteiger partial charge in [0.2, 0.25) is 0 Å². The SMILES string of the molecule is CN1CCN(CCOc2ccc(NC(=O)c3cccc(NC(=O)OC(C)(C)C)n3)cc2)CC1. The summed E-state index contributed by atoms with van der Waals surface area (Å²) < 4.78 is 11.0. The van der Waals surface area contributed by atoms with Gasteiger partial charge in [-0.25, -0.2) is 9.78 Å². The van der Waals surface area contributed by atoms with Crippen LogP contribution < -0.4 is 15.4 Å². The van der Waals surface area contributed by atoms with Crippen LogP contribution in [-0.2, 0) is 4.74 Å². The fourth-order valence-corrected chi connectivity index (χ4v) is 3.23. The molecule has 0 bridgehead atoms. The van der Waals surface area contributed by atoms with Crippen molar-refractivity contribution in [1.82, 2.24) is 14.8 Å². The number of nitrogens with one attached hydrogen (secondary N) is 2. The van der Waals surface area contributed by atoms with E-state index in [-0.39, 0.29) is 17.4 Å². The fraction of sp³-hybridized carbons (Fsp3) is 0.458. The topological polar surface area (TPSA) is 96.0 Å². The number of rotatable bonds is 7. The Kier molecular flexibility index (Phi) is 8.24. The van der Waals surface area contributed by atoms with Gasteiger partial charge in [-0.05, 0) is 64.2 Å². The number of aromatic nitrogens is 1. The van der Waals surface area contributed by atoms with Gasteiger partial charge in [-0.15, -0.1) is 0 Å². The molecule has 1 aliphatic heterocycles. The van der Waals surface area contributed by atoms with E-state index in [2.05, 4.69) is 32.5 Å². The van der Waals surface area contributed by atoms with Crippen LogP contribution in [0.4, 0.5) is 16.3 Å². The van der Waals surface area contributed by atoms with Crippen LogP contribution in [-0.4, -0.2) is 78.8 Å². The molecular formula is C24H33N5O4. The van der Waals surface area contributed by atoms with Gasteiger partial charge in [0.1, 0.15) is 29.5 Å². The van der Waals surface area contributed by atoms with Crippen molar-refractivity contribution in [2.24, 2.45) is 0 Å². The number of carbonyl (C=O) groups excluding carboxylic acids is 2. The fourth-order valence-electron chi connectivity index (χ4n) is 3.23. The summed E-state index contributed by atoms with van der Waals surface area (Å²) in [4.78, 5) is 33.4. The maximum absolute atomic E-state index is 12.6. The molecule has 2 aromatic rings. The van der Waals surface area contributed by atoms with Crippen LogP contribution in [0.15, 0.2) is 42.5 Å². The number of pyridine rings is 1. The molecule has 2 amide bonds. The lowest BCUT2D eigenvalue weighted by atomic mass is 10.2. The van der Waals surface area contributed by atoms with Crippen molar-refractivity contribution in [1.29, 1.82) is 0 Å². The van der Waals surface area contributed by atoms with Gasteiger partial charge in [0.15, 0.2) is 0 Å². The van der Waals surface area contributed by atoms with Crippen molar-refractivity contribution >= 4 is 23.5 Å². The number of hydrogen-bond donors (Lipinski definition) is 2. The zero-order valence-electron chi connectivity index (χ0n) is 19.8. The van der Waals surface area contributed by atoms with E-state index < -0.39 is 11.7 Å². The minimum Gasteiger partial charge on any atom is -0.492 e. The second-order valence-electron chi connectivity index (χ2n) is 9.01. The molecule has 2 N–H and O–H groups in total. The maximum atomic E-state index is 12.6. The van der Waals surface area contributed by atoms with Gasteiger partial charge in [-0.3, -0.25) is 15.0 Å². The third-order valence-corrected chi connectivity index (χ3v) is 5.00. The van der Waals surface area contributed by atoms with E-state index in [1.54, 1.807) is 51.1 Å². The van der Waals surface area contributed by atoms with Crippen LogP contribution in [0.25, 0.3) is 0 Å². The molecule has 1 aliphatic rings. The maximum Gasteiger partial charge on any atom is 0.413 e. The summed E-state index contributed by atoms with van der Waals surface area (Å²) in [6.45, 7) is 11.1. The largest absolute Gasteiger partial charge is 0.492 e. The van der Waals surface area contributed by atoms with Crippen molar-refractivity contribution in [2.45, 2.75) is 26.4 Å². The molecule has 1 fully saturated rings. The summed E-state index contributed by atoms with van der Waals surface area (Å²) in [5.41, 5.74) is 0.175. The van der Waals surface area contributed by atoms with Gasteiger partial charge in [0.25, 0.3) is 5.91 Å². The molecule has 0 spiro atoms. The average molecular weight is 456 g/mol. The Morgan fingerprint density at radius 1 is 1.00 bits per heavy atom. The summed E-state index contributed by atoms with van der Waals surface area (Å²) in [5, 5.41) is 5.34. The van der Waals surface area contributed by atoms with Gasteiger partial charge in [0, 0.05) is 38.4 Å². The van der Waals surface area contributed by atoms with Gasteiger partial charge in [-0.1, -0.05) is 6.07 Å². The van der Waals surface area contributed by atoms with E-state index in [4.69, 9.17) is 9.47 Å². The zero-order chi connectivity index (χ0) is 23.8. The summed E-state index contributed by atoms with van der Waals surface area (Å²) in [7, 11) is 2.14. The van der Waals surface area contributed by atoms with Gasteiger partial charge in [0.05, 0.1) is 0 Å². The molecule has 0 radical (unpaired) electrons. The highest BCUT2D eigenvalue weighted by atomic mass is 16.6. The summed E-state index contributed by atoms with van der Waals surface area (Å²) in [6.07, 6.45) is -0.629. The molecule has 1 saturated heterocycles. The number of carbonyl (C=O) groups is 2. The number of nitrogens with zero attached hydrogens (tertiary/aromatic N) is 3. The Morgan fingerprint density at radius 3 is 2.36 bits per heavy atom. The molecule has 0 atom stereocenters. The molecule has 178 valence electrons. The van der Waals surface area contributed by atoms with Gasteiger partial charge in [-0.2, -0.15) is 0 Å². The monoisotopic (exact) mass is 455 g/mol. The highest BCUT2D eigenvalue weighted by Gasteiger charge is 2.17. The van der Waals surface area contributed by atoms with Crippen molar-refractivity contribution in [3.8, 4) is 5.75 Å². The van der Waals surface area contributed by atoms with E-state index in [1.807, 2.05) is 12.1 Å². The van der Waals surface area contributed by atoms with Crippen molar-refractivity contribution in [3.05, 3.63) is 48.2 Å². The Hall–Kier alpha value is -3.17. The molecule has 2 heterocycles. The molecular weight excluding hydrogens is 422 g/mol. The first kappa shape index (κ1) is 24.5. The van der Waals surface area contributed by atoms with Crippen molar-refractivity contribution in [3.63, 3.8) is 0 Å². The van der Waals surface area contributed by atoms with Crippen molar-refractivity contribution < 1.29 is 19.1 Å². The third-order valence-electron chi connectivity index (χ3n) is 5.00. The number of hydrogen-bond acceptors (Lipinski definition) is 7. The van der Waals surface area contributed by atoms with Crippen molar-refractivity contribution in [2.75, 3.05) is 57.0 Å². The smallest absolute Gasteiger partial charge is 0.413 e. The molecule has 9 nitrogen and oxygen atoms in total. The molecule has 0 saturated carbocycles. The van der Waals surface area contributed by atoms with Crippen LogP contribution in [0.3, 0.4) is 0 Å². The van der Waals surface area contributed by atoms with E-state index in [1.165, 1.54) is 0 Å².